The third-order valence-corrected chi connectivity index (χ3v) is 5.69. The lowest BCUT2D eigenvalue weighted by atomic mass is 9.73. The molecule has 1 atom stereocenters. The van der Waals surface area contributed by atoms with E-state index >= 15 is 0 Å². The van der Waals surface area contributed by atoms with Gasteiger partial charge in [-0.05, 0) is 28.9 Å². The number of amides is 1. The monoisotopic (exact) mass is 378 g/mol. The van der Waals surface area contributed by atoms with Gasteiger partial charge in [-0.2, -0.15) is 5.10 Å². The molecule has 6 nitrogen and oxygen atoms in total. The van der Waals surface area contributed by atoms with E-state index in [2.05, 4.69) is 62.4 Å². The van der Waals surface area contributed by atoms with E-state index in [1.165, 1.54) is 11.8 Å². The van der Waals surface area contributed by atoms with Gasteiger partial charge in [0.15, 0.2) is 5.78 Å². The van der Waals surface area contributed by atoms with Crippen molar-refractivity contribution in [3.05, 3.63) is 58.4 Å². The zero-order chi connectivity index (χ0) is 20.2. The van der Waals surface area contributed by atoms with Gasteiger partial charge in [-0.25, -0.2) is 4.68 Å². The Bertz CT molecular complexity index is 996. The normalized spacial score (nSPS) is 20.6. The van der Waals surface area contributed by atoms with Crippen LogP contribution >= 0.6 is 0 Å². The van der Waals surface area contributed by atoms with Gasteiger partial charge in [0, 0.05) is 17.7 Å². The highest BCUT2D eigenvalue weighted by Crippen LogP contribution is 2.46. The van der Waals surface area contributed by atoms with Crippen LogP contribution in [0, 0.1) is 5.41 Å². The highest BCUT2D eigenvalue weighted by Gasteiger charge is 2.42. The number of carbonyl (C=O) groups is 2. The number of anilines is 1. The van der Waals surface area contributed by atoms with Crippen LogP contribution in [0.2, 0.25) is 0 Å². The van der Waals surface area contributed by atoms with Crippen molar-refractivity contribution in [1.82, 2.24) is 9.78 Å². The van der Waals surface area contributed by atoms with Crippen LogP contribution in [0.4, 0.5) is 5.82 Å². The predicted octanol–water partition coefficient (Wildman–Crippen LogP) is 3.76. The van der Waals surface area contributed by atoms with Crippen LogP contribution in [-0.2, 0) is 4.79 Å². The van der Waals surface area contributed by atoms with E-state index in [1.807, 2.05) is 0 Å². The molecule has 0 unspecified atom stereocenters. The third kappa shape index (κ3) is 2.93. The summed E-state index contributed by atoms with van der Waals surface area (Å²) in [7, 11) is 0. The fraction of sp³-hybridized carbons (Fsp3) is 0.409. The Morgan fingerprint density at radius 2 is 1.93 bits per heavy atom. The summed E-state index contributed by atoms with van der Waals surface area (Å²) in [6.07, 6.45) is 2.71. The lowest BCUT2D eigenvalue weighted by Crippen LogP contribution is -2.37. The average Bonchev–Trinajstić information content (AvgIpc) is 3.02. The quantitative estimate of drug-likeness (QED) is 0.851. The fourth-order valence-corrected chi connectivity index (χ4v) is 4.26. The summed E-state index contributed by atoms with van der Waals surface area (Å²) >= 11 is 0. The minimum Gasteiger partial charge on any atom is -0.365 e. The zero-order valence-corrected chi connectivity index (χ0v) is 16.7. The summed E-state index contributed by atoms with van der Waals surface area (Å²) in [4.78, 5) is 25.0. The number of nitrogens with one attached hydrogen (secondary N) is 1. The van der Waals surface area contributed by atoms with Crippen LogP contribution in [0.25, 0.3) is 0 Å². The number of hydrogen-bond donors (Lipinski definition) is 2. The first kappa shape index (κ1) is 18.5. The lowest BCUT2D eigenvalue weighted by molar-refractivity contribution is -0.118. The van der Waals surface area contributed by atoms with Gasteiger partial charge < -0.3 is 11.1 Å². The highest BCUT2D eigenvalue weighted by molar-refractivity contribution is 6.02. The molecule has 1 aliphatic heterocycles. The summed E-state index contributed by atoms with van der Waals surface area (Å²) in [5.74, 6) is 0.580. The molecule has 1 aliphatic carbocycles. The summed E-state index contributed by atoms with van der Waals surface area (Å²) in [6, 6.07) is 7.94. The Balaban J connectivity index is 1.89. The summed E-state index contributed by atoms with van der Waals surface area (Å²) < 4.78 is 1.72. The number of Topliss-reactive ketones (excluding diaryl/α,β-unsaturated/α-hetero) is 1. The number of nitrogens with two attached hydrogens (primary N) is 1. The van der Waals surface area contributed by atoms with E-state index in [4.69, 9.17) is 5.73 Å². The standard InChI is InChI=1S/C22H26N4O2/c1-12(2)13-5-7-14(8-6-13)19-18-16(9-22(3,4)10-17(18)27)25-21-15(20(23)28)11-24-26(19)21/h5-8,11-12,19,25H,9-10H2,1-4H3,(H2,23,28)/t19-/m1/s1. The van der Waals surface area contributed by atoms with Crippen molar-refractivity contribution >= 4 is 17.5 Å². The summed E-state index contributed by atoms with van der Waals surface area (Å²) in [6.45, 7) is 8.47. The molecule has 0 saturated heterocycles. The smallest absolute Gasteiger partial charge is 0.254 e. The van der Waals surface area contributed by atoms with Crippen LogP contribution in [0.15, 0.2) is 41.7 Å². The largest absolute Gasteiger partial charge is 0.365 e. The Labute approximate surface area is 164 Å². The second-order valence-corrected chi connectivity index (χ2v) is 8.90. The summed E-state index contributed by atoms with van der Waals surface area (Å²) in [5, 5.41) is 7.72. The van der Waals surface area contributed by atoms with Gasteiger partial charge in [-0.15, -0.1) is 0 Å². The number of hydrogen-bond acceptors (Lipinski definition) is 4. The van der Waals surface area contributed by atoms with Crippen LogP contribution in [0.3, 0.4) is 0 Å². The Kier molecular flexibility index (Phi) is 4.17. The van der Waals surface area contributed by atoms with Gasteiger partial charge in [-0.3, -0.25) is 9.59 Å². The molecule has 1 aromatic heterocycles. The first-order valence-corrected chi connectivity index (χ1v) is 9.68. The molecule has 146 valence electrons. The highest BCUT2D eigenvalue weighted by atomic mass is 16.1. The van der Waals surface area contributed by atoms with Crippen LogP contribution in [0.1, 0.15) is 74.0 Å². The van der Waals surface area contributed by atoms with Gasteiger partial charge in [0.25, 0.3) is 5.91 Å². The van der Waals surface area contributed by atoms with Crippen molar-refractivity contribution in [2.75, 3.05) is 5.32 Å². The Morgan fingerprint density at radius 3 is 2.54 bits per heavy atom. The minimum atomic E-state index is -0.534. The second-order valence-electron chi connectivity index (χ2n) is 8.90. The van der Waals surface area contributed by atoms with E-state index < -0.39 is 5.91 Å². The van der Waals surface area contributed by atoms with Gasteiger partial charge in [0.2, 0.25) is 0 Å². The molecule has 6 heteroatoms. The van der Waals surface area contributed by atoms with Gasteiger partial charge in [0.1, 0.15) is 17.4 Å². The lowest BCUT2D eigenvalue weighted by Gasteiger charge is -2.39. The number of primary amides is 1. The molecule has 2 aliphatic rings. The molecule has 1 amide bonds. The molecular weight excluding hydrogens is 352 g/mol. The molecule has 0 spiro atoms. The molecule has 0 bridgehead atoms. The first-order chi connectivity index (χ1) is 13.2. The molecule has 0 saturated carbocycles. The molecule has 0 fully saturated rings. The number of carbonyl (C=O) groups excluding carboxylic acids is 2. The Hall–Kier alpha value is -2.89. The maximum absolute atomic E-state index is 13.1. The first-order valence-electron chi connectivity index (χ1n) is 9.68. The van der Waals surface area contributed by atoms with E-state index in [0.29, 0.717) is 23.7 Å². The molecular formula is C22H26N4O2. The topological polar surface area (TPSA) is 90.0 Å². The fourth-order valence-electron chi connectivity index (χ4n) is 4.26. The molecule has 3 N–H and O–H groups in total. The van der Waals surface area contributed by atoms with Crippen molar-refractivity contribution in [3.63, 3.8) is 0 Å². The molecule has 1 aromatic carbocycles. The van der Waals surface area contributed by atoms with Crippen LogP contribution < -0.4 is 11.1 Å². The molecule has 2 aromatic rings. The predicted molar refractivity (Wildman–Crippen MR) is 108 cm³/mol. The van der Waals surface area contributed by atoms with Crippen molar-refractivity contribution in [1.29, 1.82) is 0 Å². The van der Waals surface area contributed by atoms with Crippen molar-refractivity contribution in [3.8, 4) is 0 Å². The van der Waals surface area contributed by atoms with Crippen molar-refractivity contribution in [2.45, 2.75) is 52.5 Å². The van der Waals surface area contributed by atoms with E-state index in [1.54, 1.807) is 4.68 Å². The maximum atomic E-state index is 13.1. The van der Waals surface area contributed by atoms with Gasteiger partial charge in [-0.1, -0.05) is 52.0 Å². The van der Waals surface area contributed by atoms with E-state index in [9.17, 15) is 9.59 Å². The van der Waals surface area contributed by atoms with Gasteiger partial charge >= 0.3 is 0 Å². The third-order valence-electron chi connectivity index (χ3n) is 5.69. The number of ketones is 1. The number of rotatable bonds is 3. The molecule has 4 rings (SSSR count). The van der Waals surface area contributed by atoms with Crippen molar-refractivity contribution < 1.29 is 9.59 Å². The zero-order valence-electron chi connectivity index (χ0n) is 16.7. The Morgan fingerprint density at radius 1 is 1.25 bits per heavy atom. The number of fused-ring (bicyclic) bond motifs is 1. The number of nitrogens with zero attached hydrogens (tertiary/aromatic N) is 2. The SMILES string of the molecule is CC(C)c1ccc([C@@H]2C3=C(CC(C)(C)CC3=O)Nc3c(C(N)=O)cnn32)cc1. The maximum Gasteiger partial charge on any atom is 0.254 e. The number of benzene rings is 1. The van der Waals surface area contributed by atoms with E-state index in [-0.39, 0.29) is 17.2 Å². The number of aromatic nitrogens is 2. The van der Waals surface area contributed by atoms with Crippen molar-refractivity contribution in [2.24, 2.45) is 11.1 Å². The van der Waals surface area contributed by atoms with Crippen LogP contribution in [0.5, 0.6) is 0 Å². The molecule has 28 heavy (non-hydrogen) atoms. The average molecular weight is 378 g/mol. The minimum absolute atomic E-state index is 0.124. The van der Waals surface area contributed by atoms with Gasteiger partial charge in [0.05, 0.1) is 6.20 Å². The second kappa shape index (κ2) is 6.33. The molecule has 0 radical (unpaired) electrons. The summed E-state index contributed by atoms with van der Waals surface area (Å²) in [5.41, 5.74) is 9.58. The van der Waals surface area contributed by atoms with Crippen LogP contribution in [-0.4, -0.2) is 21.5 Å². The number of allylic oxidation sites excluding steroid dienone is 2. The molecule has 2 heterocycles. The van der Waals surface area contributed by atoms with E-state index in [0.717, 1.165) is 23.3 Å².